The van der Waals surface area contributed by atoms with E-state index in [0.29, 0.717) is 4.90 Å². The number of unbranched alkanes of at least 4 members (excludes halogenated alkanes) is 2. The smallest absolute Gasteiger partial charge is 0.207 e. The van der Waals surface area contributed by atoms with E-state index in [-0.39, 0.29) is 6.04 Å². The van der Waals surface area contributed by atoms with Crippen molar-refractivity contribution in [2.45, 2.75) is 51.0 Å². The second-order valence-corrected chi connectivity index (χ2v) is 6.51. The Kier molecular flexibility index (Phi) is 6.25. The second-order valence-electron chi connectivity index (χ2n) is 4.79. The summed E-state index contributed by atoms with van der Waals surface area (Å²) >= 11 is 0. The van der Waals surface area contributed by atoms with Crippen molar-refractivity contribution < 1.29 is 8.42 Å². The molecule has 0 amide bonds. The number of nitrogens with one attached hydrogen (secondary N) is 1. The van der Waals surface area contributed by atoms with Gasteiger partial charge in [-0.15, -0.1) is 0 Å². The minimum absolute atomic E-state index is 0.192. The van der Waals surface area contributed by atoms with Crippen LogP contribution in [0.4, 0.5) is 0 Å². The minimum atomic E-state index is -3.42. The Bertz CT molecular complexity index is 503. The number of aryl methyl sites for hydroxylation is 1. The summed E-state index contributed by atoms with van der Waals surface area (Å²) in [6.07, 6.45) is 7.21. The molecule has 0 radical (unpaired) electrons. The molecule has 1 unspecified atom stereocenters. The number of benzene rings is 1. The summed E-state index contributed by atoms with van der Waals surface area (Å²) in [6, 6.07) is 6.67. The molecule has 0 fully saturated rings. The lowest BCUT2D eigenvalue weighted by atomic mass is 10.2. The van der Waals surface area contributed by atoms with Gasteiger partial charge in [-0.25, -0.2) is 13.1 Å². The van der Waals surface area contributed by atoms with Crippen LogP contribution < -0.4 is 4.72 Å². The fourth-order valence-electron chi connectivity index (χ4n) is 1.69. The molecule has 106 valence electrons. The monoisotopic (exact) mass is 281 g/mol. The molecule has 3 nitrogen and oxygen atoms in total. The van der Waals surface area contributed by atoms with E-state index in [1.54, 1.807) is 24.3 Å². The maximum atomic E-state index is 12.1. The van der Waals surface area contributed by atoms with Gasteiger partial charge in [0.25, 0.3) is 0 Å². The zero-order chi connectivity index (χ0) is 14.3. The number of allylic oxidation sites excluding steroid dienone is 1. The molecule has 4 heteroatoms. The first-order chi connectivity index (χ1) is 8.95. The third-order valence-corrected chi connectivity index (χ3v) is 4.40. The van der Waals surface area contributed by atoms with Gasteiger partial charge in [0.2, 0.25) is 10.0 Å². The number of sulfonamides is 1. The molecule has 1 atom stereocenters. The largest absolute Gasteiger partial charge is 0.241 e. The van der Waals surface area contributed by atoms with E-state index in [4.69, 9.17) is 0 Å². The van der Waals surface area contributed by atoms with Crippen molar-refractivity contribution in [1.29, 1.82) is 0 Å². The number of rotatable bonds is 7. The third-order valence-electron chi connectivity index (χ3n) is 2.82. The molecule has 0 heterocycles. The van der Waals surface area contributed by atoms with Gasteiger partial charge in [0.05, 0.1) is 4.90 Å². The van der Waals surface area contributed by atoms with Crippen molar-refractivity contribution in [3.8, 4) is 0 Å². The van der Waals surface area contributed by atoms with Gasteiger partial charge in [0.15, 0.2) is 0 Å². The van der Waals surface area contributed by atoms with Crippen LogP contribution in [-0.2, 0) is 10.0 Å². The summed E-state index contributed by atoms with van der Waals surface area (Å²) in [7, 11) is -3.42. The van der Waals surface area contributed by atoms with Crippen LogP contribution in [0.3, 0.4) is 0 Å². The molecule has 0 aliphatic rings. The molecular formula is C15H23NO2S. The van der Waals surface area contributed by atoms with Crippen LogP contribution in [0.2, 0.25) is 0 Å². The lowest BCUT2D eigenvalue weighted by Crippen LogP contribution is -2.31. The van der Waals surface area contributed by atoms with Crippen LogP contribution in [-0.4, -0.2) is 14.5 Å². The Balaban J connectivity index is 2.64. The van der Waals surface area contributed by atoms with Gasteiger partial charge in [-0.05, 0) is 32.4 Å². The molecule has 1 aromatic rings. The molecule has 0 aliphatic heterocycles. The zero-order valence-corrected chi connectivity index (χ0v) is 12.7. The first-order valence-electron chi connectivity index (χ1n) is 6.71. The van der Waals surface area contributed by atoms with Crippen LogP contribution in [0.25, 0.3) is 0 Å². The van der Waals surface area contributed by atoms with Crippen LogP contribution in [0.15, 0.2) is 41.3 Å². The van der Waals surface area contributed by atoms with E-state index in [2.05, 4.69) is 11.6 Å². The molecule has 0 spiro atoms. The first kappa shape index (κ1) is 15.9. The highest BCUT2D eigenvalue weighted by atomic mass is 32.2. The van der Waals surface area contributed by atoms with Crippen molar-refractivity contribution in [2.75, 3.05) is 0 Å². The lowest BCUT2D eigenvalue weighted by Gasteiger charge is -2.10. The molecule has 0 aromatic heterocycles. The van der Waals surface area contributed by atoms with Gasteiger partial charge in [-0.1, -0.05) is 49.6 Å². The summed E-state index contributed by atoms with van der Waals surface area (Å²) < 4.78 is 26.8. The number of hydrogen-bond donors (Lipinski definition) is 1. The van der Waals surface area contributed by atoms with E-state index in [1.807, 2.05) is 26.0 Å². The lowest BCUT2D eigenvalue weighted by molar-refractivity contribution is 0.576. The van der Waals surface area contributed by atoms with Crippen LogP contribution in [0, 0.1) is 6.92 Å². The molecule has 0 saturated carbocycles. The van der Waals surface area contributed by atoms with Crippen molar-refractivity contribution in [3.05, 3.63) is 42.0 Å². The minimum Gasteiger partial charge on any atom is -0.207 e. The van der Waals surface area contributed by atoms with E-state index in [1.165, 1.54) is 0 Å². The summed E-state index contributed by atoms with van der Waals surface area (Å²) in [5, 5.41) is 0. The SMILES string of the molecule is CCCC/C=C/C(C)NS(=O)(=O)c1ccc(C)cc1. The highest BCUT2D eigenvalue weighted by Gasteiger charge is 2.15. The summed E-state index contributed by atoms with van der Waals surface area (Å²) in [5.74, 6) is 0. The Morgan fingerprint density at radius 1 is 1.26 bits per heavy atom. The van der Waals surface area contributed by atoms with E-state index >= 15 is 0 Å². The first-order valence-corrected chi connectivity index (χ1v) is 8.19. The van der Waals surface area contributed by atoms with E-state index in [0.717, 1.165) is 24.8 Å². The van der Waals surface area contributed by atoms with Crippen LogP contribution in [0.1, 0.15) is 38.7 Å². The molecule has 0 aliphatic carbocycles. The highest BCUT2D eigenvalue weighted by molar-refractivity contribution is 7.89. The third kappa shape index (κ3) is 5.57. The van der Waals surface area contributed by atoms with Gasteiger partial charge in [-0.2, -0.15) is 0 Å². The fourth-order valence-corrected chi connectivity index (χ4v) is 2.89. The quantitative estimate of drug-likeness (QED) is 0.615. The van der Waals surface area contributed by atoms with Gasteiger partial charge in [-0.3, -0.25) is 0 Å². The van der Waals surface area contributed by atoms with Gasteiger partial charge >= 0.3 is 0 Å². The molecule has 1 aromatic carbocycles. The van der Waals surface area contributed by atoms with Gasteiger partial charge in [0.1, 0.15) is 0 Å². The maximum Gasteiger partial charge on any atom is 0.241 e. The van der Waals surface area contributed by atoms with Crippen molar-refractivity contribution in [2.24, 2.45) is 0 Å². The second kappa shape index (κ2) is 7.46. The van der Waals surface area contributed by atoms with Crippen molar-refractivity contribution in [1.82, 2.24) is 4.72 Å². The predicted octanol–water partition coefficient (Wildman–Crippen LogP) is 3.41. The average Bonchev–Trinajstić information content (AvgIpc) is 2.34. The molecular weight excluding hydrogens is 258 g/mol. The summed E-state index contributed by atoms with van der Waals surface area (Å²) in [4.78, 5) is 0.312. The van der Waals surface area contributed by atoms with Gasteiger partial charge < -0.3 is 0 Å². The Hall–Kier alpha value is -1.13. The highest BCUT2D eigenvalue weighted by Crippen LogP contribution is 2.10. The Morgan fingerprint density at radius 3 is 2.47 bits per heavy atom. The Morgan fingerprint density at radius 2 is 1.89 bits per heavy atom. The fraction of sp³-hybridized carbons (Fsp3) is 0.467. The summed E-state index contributed by atoms with van der Waals surface area (Å²) in [6.45, 7) is 5.91. The molecule has 1 rings (SSSR count). The molecule has 0 saturated heterocycles. The van der Waals surface area contributed by atoms with Gasteiger partial charge in [0, 0.05) is 6.04 Å². The van der Waals surface area contributed by atoms with Crippen LogP contribution >= 0.6 is 0 Å². The zero-order valence-electron chi connectivity index (χ0n) is 11.9. The normalized spacial score (nSPS) is 13.8. The maximum absolute atomic E-state index is 12.1. The summed E-state index contributed by atoms with van der Waals surface area (Å²) in [5.41, 5.74) is 1.05. The van der Waals surface area contributed by atoms with E-state index < -0.39 is 10.0 Å². The van der Waals surface area contributed by atoms with E-state index in [9.17, 15) is 8.42 Å². The molecule has 0 bridgehead atoms. The topological polar surface area (TPSA) is 46.2 Å². The standard InChI is InChI=1S/C15H23NO2S/c1-4-5-6-7-8-14(3)16-19(17,18)15-11-9-13(2)10-12-15/h7-12,14,16H,4-6H2,1-3H3/b8-7+. The van der Waals surface area contributed by atoms with Crippen LogP contribution in [0.5, 0.6) is 0 Å². The molecule has 1 N–H and O–H groups in total. The molecule has 19 heavy (non-hydrogen) atoms. The Labute approximate surface area is 116 Å². The number of hydrogen-bond acceptors (Lipinski definition) is 2. The average molecular weight is 281 g/mol. The predicted molar refractivity (Wildman–Crippen MR) is 79.6 cm³/mol. The van der Waals surface area contributed by atoms with Crippen molar-refractivity contribution in [3.63, 3.8) is 0 Å². The van der Waals surface area contributed by atoms with Crippen molar-refractivity contribution >= 4 is 10.0 Å².